The Bertz CT molecular complexity index is 1550. The number of aryl methyl sites for hydroxylation is 2. The second-order valence-corrected chi connectivity index (χ2v) is 10.4. The zero-order chi connectivity index (χ0) is 24.5. The van der Waals surface area contributed by atoms with E-state index in [1.54, 1.807) is 22.7 Å². The topological polar surface area (TPSA) is 81.6 Å². The van der Waals surface area contributed by atoms with E-state index in [0.29, 0.717) is 11.7 Å². The average Bonchev–Trinajstić information content (AvgIpc) is 3.70. The van der Waals surface area contributed by atoms with E-state index in [9.17, 15) is 0 Å². The van der Waals surface area contributed by atoms with Gasteiger partial charge in [-0.25, -0.2) is 0 Å². The van der Waals surface area contributed by atoms with Gasteiger partial charge in [-0.2, -0.15) is 0 Å². The lowest BCUT2D eigenvalue weighted by molar-refractivity contribution is 0.607. The van der Waals surface area contributed by atoms with Gasteiger partial charge in [0.2, 0.25) is 0 Å². The van der Waals surface area contributed by atoms with Crippen molar-refractivity contribution in [3.63, 3.8) is 0 Å². The van der Waals surface area contributed by atoms with Crippen molar-refractivity contribution in [2.75, 3.05) is 10.6 Å². The number of thiophene rings is 2. The average molecular weight is 509 g/mol. The Morgan fingerprint density at radius 2 is 1.11 bits per heavy atom. The third kappa shape index (κ3) is 4.44. The summed E-state index contributed by atoms with van der Waals surface area (Å²) in [6.45, 7) is 1.64. The number of rotatable bonds is 7. The molecule has 0 spiro atoms. The molecule has 0 radical (unpaired) electrons. The smallest absolute Gasteiger partial charge is 0.140 e. The summed E-state index contributed by atoms with van der Waals surface area (Å²) in [6.07, 6.45) is 4.25. The summed E-state index contributed by atoms with van der Waals surface area (Å²) in [5, 5.41) is 29.5. The molecule has 0 atom stereocenters. The Morgan fingerprint density at radius 3 is 1.53 bits per heavy atom. The Hall–Kier alpha value is -4.14. The van der Waals surface area contributed by atoms with Gasteiger partial charge in [0.1, 0.15) is 11.7 Å². The van der Waals surface area contributed by atoms with Crippen molar-refractivity contribution in [2.45, 2.75) is 13.1 Å². The molecule has 178 valence electrons. The molecule has 2 aromatic carbocycles. The first-order valence-electron chi connectivity index (χ1n) is 11.6. The third-order valence-electron chi connectivity index (χ3n) is 6.20. The van der Waals surface area contributed by atoms with E-state index in [1.165, 1.54) is 10.8 Å². The molecule has 6 aromatic rings. The maximum Gasteiger partial charge on any atom is 0.140 e. The Kier molecular flexibility index (Phi) is 5.88. The van der Waals surface area contributed by atoms with Crippen molar-refractivity contribution < 1.29 is 0 Å². The molecule has 4 aromatic heterocycles. The zero-order valence-electron chi connectivity index (χ0n) is 19.4. The van der Waals surface area contributed by atoms with Gasteiger partial charge < -0.3 is 19.8 Å². The van der Waals surface area contributed by atoms with Crippen LogP contribution in [0.3, 0.4) is 0 Å². The molecule has 0 aliphatic rings. The minimum atomic E-state index is 0.415. The van der Waals surface area contributed by atoms with Gasteiger partial charge >= 0.3 is 0 Å². The molecule has 0 saturated heterocycles. The van der Waals surface area contributed by atoms with Crippen molar-refractivity contribution in [3.05, 3.63) is 106 Å². The molecule has 4 heterocycles. The Labute approximate surface area is 216 Å². The highest BCUT2D eigenvalue weighted by Crippen LogP contribution is 2.24. The normalized spacial score (nSPS) is 11.2. The summed E-state index contributed by atoms with van der Waals surface area (Å²) < 4.78 is 4.52. The lowest BCUT2D eigenvalue weighted by Gasteiger charge is -2.11. The lowest BCUT2D eigenvalue weighted by atomic mass is 10.2. The van der Waals surface area contributed by atoms with Crippen LogP contribution in [0.25, 0.3) is 21.8 Å². The molecule has 36 heavy (non-hydrogen) atoms. The molecule has 0 bridgehead atoms. The first kappa shape index (κ1) is 22.3. The van der Waals surface area contributed by atoms with E-state index in [0.717, 1.165) is 45.3 Å². The van der Waals surface area contributed by atoms with Gasteiger partial charge in [0.25, 0.3) is 0 Å². The monoisotopic (exact) mass is 508 g/mol. The maximum atomic E-state index is 8.33. The summed E-state index contributed by atoms with van der Waals surface area (Å²) in [7, 11) is 0. The van der Waals surface area contributed by atoms with Crippen LogP contribution in [0.1, 0.15) is 9.75 Å². The summed E-state index contributed by atoms with van der Waals surface area (Å²) in [5.74, 6) is 0.829. The van der Waals surface area contributed by atoms with E-state index in [2.05, 4.69) is 68.6 Å². The number of hydrogen-bond donors (Lipinski definition) is 4. The van der Waals surface area contributed by atoms with Gasteiger partial charge in [-0.3, -0.25) is 10.8 Å². The van der Waals surface area contributed by atoms with Crippen molar-refractivity contribution in [2.24, 2.45) is 0 Å². The van der Waals surface area contributed by atoms with E-state index < -0.39 is 0 Å². The molecule has 0 unspecified atom stereocenters. The highest BCUT2D eigenvalue weighted by atomic mass is 32.1. The molecule has 0 aliphatic heterocycles. The fraction of sp³-hybridized carbons (Fsp3) is 0.0714. The molecule has 6 nitrogen and oxygen atoms in total. The standard InChI is InChI=1S/C28H24N6S2/c29-27(25-3-1-15-35-25)31-21-7-5-19-9-11-33(23(19)17-21)13-14-34-12-10-20-6-8-22(18-24(20)34)32-28(30)26-4-2-16-36-26/h1-12,15-18H,13-14H2,(H2,29,31)(H2,30,32). The summed E-state index contributed by atoms with van der Waals surface area (Å²) in [6, 6.07) is 24.6. The minimum absolute atomic E-state index is 0.415. The molecule has 6 rings (SSSR count). The van der Waals surface area contributed by atoms with Gasteiger partial charge in [0.05, 0.1) is 20.8 Å². The van der Waals surface area contributed by atoms with Crippen LogP contribution in [0.5, 0.6) is 0 Å². The Balaban J connectivity index is 1.20. The van der Waals surface area contributed by atoms with E-state index in [-0.39, 0.29) is 0 Å². The molecule has 0 fully saturated rings. The van der Waals surface area contributed by atoms with Crippen molar-refractivity contribution >= 4 is 67.5 Å². The van der Waals surface area contributed by atoms with Crippen LogP contribution in [-0.2, 0) is 13.1 Å². The number of amidine groups is 2. The fourth-order valence-corrected chi connectivity index (χ4v) is 5.64. The molecular formula is C28H24N6S2. The van der Waals surface area contributed by atoms with E-state index >= 15 is 0 Å². The highest BCUT2D eigenvalue weighted by Gasteiger charge is 2.09. The zero-order valence-corrected chi connectivity index (χ0v) is 21.0. The van der Waals surface area contributed by atoms with Crippen LogP contribution in [0.4, 0.5) is 11.4 Å². The predicted molar refractivity (Wildman–Crippen MR) is 153 cm³/mol. The van der Waals surface area contributed by atoms with Crippen molar-refractivity contribution in [1.82, 2.24) is 9.13 Å². The van der Waals surface area contributed by atoms with E-state index in [1.807, 2.05) is 47.2 Å². The Morgan fingerprint density at radius 1 is 0.639 bits per heavy atom. The number of benzene rings is 2. The first-order chi connectivity index (χ1) is 17.6. The second kappa shape index (κ2) is 9.49. The maximum absolute atomic E-state index is 8.33. The number of hydrogen-bond acceptors (Lipinski definition) is 4. The second-order valence-electron chi connectivity index (χ2n) is 8.52. The molecule has 0 amide bonds. The van der Waals surface area contributed by atoms with Gasteiger partial charge in [-0.15, -0.1) is 22.7 Å². The lowest BCUT2D eigenvalue weighted by Crippen LogP contribution is -2.11. The van der Waals surface area contributed by atoms with Gasteiger partial charge in [0.15, 0.2) is 0 Å². The summed E-state index contributed by atoms with van der Waals surface area (Å²) in [5.41, 5.74) is 4.11. The van der Waals surface area contributed by atoms with Crippen molar-refractivity contribution in [1.29, 1.82) is 10.8 Å². The third-order valence-corrected chi connectivity index (χ3v) is 7.98. The number of nitrogens with one attached hydrogen (secondary N) is 4. The van der Waals surface area contributed by atoms with Gasteiger partial charge in [0, 0.05) is 36.9 Å². The van der Waals surface area contributed by atoms with Crippen molar-refractivity contribution in [3.8, 4) is 0 Å². The number of anilines is 2. The molecule has 0 saturated carbocycles. The molecule has 8 heteroatoms. The van der Waals surface area contributed by atoms with Crippen LogP contribution in [0.2, 0.25) is 0 Å². The largest absolute Gasteiger partial charge is 0.346 e. The van der Waals surface area contributed by atoms with Crippen LogP contribution < -0.4 is 10.6 Å². The summed E-state index contributed by atoms with van der Waals surface area (Å²) >= 11 is 3.12. The minimum Gasteiger partial charge on any atom is -0.346 e. The first-order valence-corrected chi connectivity index (χ1v) is 13.4. The molecule has 4 N–H and O–H groups in total. The van der Waals surface area contributed by atoms with E-state index in [4.69, 9.17) is 10.8 Å². The number of nitrogens with zero attached hydrogens (tertiary/aromatic N) is 2. The number of fused-ring (bicyclic) bond motifs is 2. The van der Waals surface area contributed by atoms with Gasteiger partial charge in [-0.1, -0.05) is 24.3 Å². The van der Waals surface area contributed by atoms with Crippen LogP contribution >= 0.6 is 22.7 Å². The van der Waals surface area contributed by atoms with Crippen LogP contribution in [0.15, 0.2) is 96.0 Å². The number of aromatic nitrogens is 2. The predicted octanol–water partition coefficient (Wildman–Crippen LogP) is 7.29. The van der Waals surface area contributed by atoms with Crippen LogP contribution in [0, 0.1) is 10.8 Å². The SMILES string of the molecule is N=C(Nc1ccc2ccn(CCn3ccc4ccc(NC(=N)c5cccs5)cc43)c2c1)c1cccs1. The molecule has 0 aliphatic carbocycles. The highest BCUT2D eigenvalue weighted by molar-refractivity contribution is 7.12. The summed E-state index contributed by atoms with van der Waals surface area (Å²) in [4.78, 5) is 1.84. The van der Waals surface area contributed by atoms with Crippen LogP contribution in [-0.4, -0.2) is 20.8 Å². The fourth-order valence-electron chi connectivity index (χ4n) is 4.38. The van der Waals surface area contributed by atoms with Gasteiger partial charge in [-0.05, 0) is 70.1 Å². The molecular weight excluding hydrogens is 484 g/mol. The quantitative estimate of drug-likeness (QED) is 0.135.